The Balaban J connectivity index is 1.53. The minimum atomic E-state index is 0.0283. The second-order valence-corrected chi connectivity index (χ2v) is 6.03. The molecule has 0 radical (unpaired) electrons. The first-order valence-electron chi connectivity index (χ1n) is 7.70. The highest BCUT2D eigenvalue weighted by atomic mass is 16.6. The van der Waals surface area contributed by atoms with Gasteiger partial charge >= 0.3 is 0 Å². The molecular formula is C17H20N2O2. The van der Waals surface area contributed by atoms with Gasteiger partial charge in [-0.25, -0.2) is 4.98 Å². The van der Waals surface area contributed by atoms with E-state index in [-0.39, 0.29) is 11.7 Å². The first kappa shape index (κ1) is 13.0. The molecule has 0 saturated carbocycles. The third-order valence-electron chi connectivity index (χ3n) is 4.61. The lowest BCUT2D eigenvalue weighted by Crippen LogP contribution is -2.41. The summed E-state index contributed by atoms with van der Waals surface area (Å²) >= 11 is 0. The Morgan fingerprint density at radius 2 is 2.05 bits per heavy atom. The van der Waals surface area contributed by atoms with E-state index in [1.165, 1.54) is 0 Å². The van der Waals surface area contributed by atoms with Gasteiger partial charge in [-0.3, -0.25) is 0 Å². The second-order valence-electron chi connectivity index (χ2n) is 6.03. The lowest BCUT2D eigenvalue weighted by molar-refractivity contribution is -0.0205. The number of hydrogen-bond acceptors (Lipinski definition) is 4. The van der Waals surface area contributed by atoms with E-state index in [1.54, 1.807) is 0 Å². The van der Waals surface area contributed by atoms with Gasteiger partial charge in [0.15, 0.2) is 0 Å². The van der Waals surface area contributed by atoms with E-state index in [4.69, 9.17) is 9.47 Å². The van der Waals surface area contributed by atoms with E-state index in [0.29, 0.717) is 6.61 Å². The summed E-state index contributed by atoms with van der Waals surface area (Å²) < 4.78 is 12.2. The van der Waals surface area contributed by atoms with Crippen LogP contribution in [0.1, 0.15) is 19.3 Å². The first-order valence-corrected chi connectivity index (χ1v) is 7.70. The highest BCUT2D eigenvalue weighted by Crippen LogP contribution is 2.36. The van der Waals surface area contributed by atoms with Crippen LogP contribution in [0.3, 0.4) is 0 Å². The molecule has 0 aliphatic carbocycles. The third-order valence-corrected chi connectivity index (χ3v) is 4.61. The molecule has 3 heterocycles. The van der Waals surface area contributed by atoms with Crippen LogP contribution in [0.5, 0.6) is 5.88 Å². The number of benzene rings is 1. The molecule has 2 fully saturated rings. The summed E-state index contributed by atoms with van der Waals surface area (Å²) in [5.74, 6) is 0.729. The molecule has 110 valence electrons. The van der Waals surface area contributed by atoms with Crippen LogP contribution in [-0.4, -0.2) is 36.4 Å². The van der Waals surface area contributed by atoms with Crippen LogP contribution in [0.2, 0.25) is 0 Å². The molecule has 0 bridgehead atoms. The molecule has 2 saturated heterocycles. The van der Waals surface area contributed by atoms with Crippen molar-refractivity contribution in [1.82, 2.24) is 10.3 Å². The maximum absolute atomic E-state index is 6.16. The van der Waals surface area contributed by atoms with Crippen molar-refractivity contribution in [1.29, 1.82) is 0 Å². The molecule has 1 unspecified atom stereocenters. The van der Waals surface area contributed by atoms with E-state index in [1.807, 2.05) is 24.4 Å². The summed E-state index contributed by atoms with van der Waals surface area (Å²) in [4.78, 5) is 4.41. The number of nitrogens with one attached hydrogen (secondary N) is 1. The topological polar surface area (TPSA) is 43.4 Å². The van der Waals surface area contributed by atoms with E-state index in [9.17, 15) is 0 Å². The van der Waals surface area contributed by atoms with Crippen molar-refractivity contribution in [2.45, 2.75) is 31.0 Å². The van der Waals surface area contributed by atoms with Crippen molar-refractivity contribution in [2.24, 2.45) is 0 Å². The SMILES string of the molecule is c1ccc2c(OC3COC4(CCNCC4)C3)nccc2c1. The predicted octanol–water partition coefficient (Wildman–Crippen LogP) is 2.52. The second kappa shape index (κ2) is 5.28. The standard InChI is InChI=1S/C17H20N2O2/c1-2-4-15-13(3-1)5-8-19-16(15)21-14-11-17(20-12-14)6-9-18-10-7-17/h1-5,8,14,18H,6-7,9-12H2. The van der Waals surface area contributed by atoms with Gasteiger partial charge in [0, 0.05) is 18.0 Å². The normalized spacial score (nSPS) is 24.5. The van der Waals surface area contributed by atoms with Gasteiger partial charge in [-0.1, -0.05) is 18.2 Å². The Morgan fingerprint density at radius 1 is 1.19 bits per heavy atom. The average molecular weight is 284 g/mol. The third kappa shape index (κ3) is 2.49. The maximum Gasteiger partial charge on any atom is 0.221 e. The molecule has 1 spiro atoms. The van der Waals surface area contributed by atoms with Crippen LogP contribution in [0.4, 0.5) is 0 Å². The van der Waals surface area contributed by atoms with Crippen molar-refractivity contribution in [3.05, 3.63) is 36.5 Å². The highest BCUT2D eigenvalue weighted by molar-refractivity contribution is 5.86. The molecule has 21 heavy (non-hydrogen) atoms. The van der Waals surface area contributed by atoms with Crippen LogP contribution < -0.4 is 10.1 Å². The molecule has 2 aliphatic heterocycles. The maximum atomic E-state index is 6.16. The number of fused-ring (bicyclic) bond motifs is 1. The van der Waals surface area contributed by atoms with Crippen molar-refractivity contribution in [3.8, 4) is 5.88 Å². The molecule has 1 aromatic carbocycles. The average Bonchev–Trinajstić information content (AvgIpc) is 2.91. The van der Waals surface area contributed by atoms with Crippen molar-refractivity contribution >= 4 is 10.8 Å². The lowest BCUT2D eigenvalue weighted by atomic mass is 9.89. The van der Waals surface area contributed by atoms with Gasteiger partial charge in [0.1, 0.15) is 6.10 Å². The fourth-order valence-corrected chi connectivity index (χ4v) is 3.45. The Bertz CT molecular complexity index is 632. The van der Waals surface area contributed by atoms with Gasteiger partial charge in [0.2, 0.25) is 5.88 Å². The zero-order chi connectivity index (χ0) is 14.1. The minimum Gasteiger partial charge on any atom is -0.471 e. The molecule has 2 aliphatic rings. The number of aromatic nitrogens is 1. The summed E-state index contributed by atoms with van der Waals surface area (Å²) in [7, 11) is 0. The molecule has 4 heteroatoms. The largest absolute Gasteiger partial charge is 0.471 e. The van der Waals surface area contributed by atoms with Gasteiger partial charge in [-0.2, -0.15) is 0 Å². The fraction of sp³-hybridized carbons (Fsp3) is 0.471. The molecule has 0 amide bonds. The van der Waals surface area contributed by atoms with Crippen molar-refractivity contribution in [3.63, 3.8) is 0 Å². The molecule has 1 atom stereocenters. The molecule has 2 aromatic rings. The Morgan fingerprint density at radius 3 is 2.95 bits per heavy atom. The smallest absolute Gasteiger partial charge is 0.221 e. The fourth-order valence-electron chi connectivity index (χ4n) is 3.45. The van der Waals surface area contributed by atoms with E-state index in [2.05, 4.69) is 22.4 Å². The molecule has 1 N–H and O–H groups in total. The van der Waals surface area contributed by atoms with Crippen LogP contribution in [-0.2, 0) is 4.74 Å². The summed E-state index contributed by atoms with van der Waals surface area (Å²) in [5.41, 5.74) is 0.0283. The van der Waals surface area contributed by atoms with E-state index >= 15 is 0 Å². The molecule has 4 nitrogen and oxygen atoms in total. The zero-order valence-electron chi connectivity index (χ0n) is 12.0. The Hall–Kier alpha value is -1.65. The lowest BCUT2D eigenvalue weighted by Gasteiger charge is -2.32. The number of piperidine rings is 1. The van der Waals surface area contributed by atoms with Crippen LogP contribution >= 0.6 is 0 Å². The number of rotatable bonds is 2. The highest BCUT2D eigenvalue weighted by Gasteiger charge is 2.42. The van der Waals surface area contributed by atoms with Crippen molar-refractivity contribution in [2.75, 3.05) is 19.7 Å². The summed E-state index contributed by atoms with van der Waals surface area (Å²) in [6, 6.07) is 10.2. The number of hydrogen-bond donors (Lipinski definition) is 1. The zero-order valence-corrected chi connectivity index (χ0v) is 12.0. The molecular weight excluding hydrogens is 264 g/mol. The molecule has 1 aromatic heterocycles. The minimum absolute atomic E-state index is 0.0283. The van der Waals surface area contributed by atoms with E-state index in [0.717, 1.165) is 49.0 Å². The Labute approximate surface area is 124 Å². The van der Waals surface area contributed by atoms with Gasteiger partial charge in [0.05, 0.1) is 12.2 Å². The Kier molecular flexibility index (Phi) is 3.28. The van der Waals surface area contributed by atoms with E-state index < -0.39 is 0 Å². The van der Waals surface area contributed by atoms with Gasteiger partial charge in [0.25, 0.3) is 0 Å². The van der Waals surface area contributed by atoms with Crippen LogP contribution in [0.15, 0.2) is 36.5 Å². The van der Waals surface area contributed by atoms with Crippen molar-refractivity contribution < 1.29 is 9.47 Å². The molecule has 4 rings (SSSR count). The van der Waals surface area contributed by atoms with Gasteiger partial charge < -0.3 is 14.8 Å². The quantitative estimate of drug-likeness (QED) is 0.920. The van der Waals surface area contributed by atoms with Crippen LogP contribution in [0.25, 0.3) is 10.8 Å². The number of pyridine rings is 1. The summed E-state index contributed by atoms with van der Waals surface area (Å²) in [6.07, 6.45) is 5.06. The monoisotopic (exact) mass is 284 g/mol. The number of nitrogens with zero attached hydrogens (tertiary/aromatic N) is 1. The van der Waals surface area contributed by atoms with Crippen LogP contribution in [0, 0.1) is 0 Å². The summed E-state index contributed by atoms with van der Waals surface area (Å²) in [6.45, 7) is 2.75. The van der Waals surface area contributed by atoms with Gasteiger partial charge in [-0.05, 0) is 43.5 Å². The van der Waals surface area contributed by atoms with Gasteiger partial charge in [-0.15, -0.1) is 0 Å². The number of ether oxygens (including phenoxy) is 2. The summed E-state index contributed by atoms with van der Waals surface area (Å²) in [5, 5.41) is 5.63. The first-order chi connectivity index (χ1) is 10.3. The predicted molar refractivity (Wildman–Crippen MR) is 81.6 cm³/mol.